The summed E-state index contributed by atoms with van der Waals surface area (Å²) in [5.41, 5.74) is 1.16. The minimum Gasteiger partial charge on any atom is -0.490 e. The zero-order valence-electron chi connectivity index (χ0n) is 17.5. The summed E-state index contributed by atoms with van der Waals surface area (Å²) in [7, 11) is 1.63. The van der Waals surface area contributed by atoms with Crippen LogP contribution in [0.5, 0.6) is 11.5 Å². The topological polar surface area (TPSA) is 63.3 Å². The molecule has 0 aliphatic carbocycles. The lowest BCUT2D eigenvalue weighted by Gasteiger charge is -2.34. The Kier molecular flexibility index (Phi) is 10.1. The first-order valence-electron chi connectivity index (χ1n) is 10.3. The van der Waals surface area contributed by atoms with Crippen LogP contribution in [0.4, 0.5) is 0 Å². The Balaban J connectivity index is 1.86. The van der Waals surface area contributed by atoms with Gasteiger partial charge in [-0.05, 0) is 19.4 Å². The van der Waals surface area contributed by atoms with Gasteiger partial charge in [-0.15, -0.1) is 0 Å². The fourth-order valence-electron chi connectivity index (χ4n) is 3.22. The van der Waals surface area contributed by atoms with Crippen molar-refractivity contribution in [3.63, 3.8) is 0 Å². The monoisotopic (exact) mass is 393 g/mol. The molecule has 0 atom stereocenters. The molecule has 0 aromatic heterocycles. The molecule has 0 radical (unpaired) electrons. The molecule has 28 heavy (non-hydrogen) atoms. The Bertz CT molecular complexity index is 589. The number of hydrogen-bond donors (Lipinski definition) is 1. The third-order valence-electron chi connectivity index (χ3n) is 4.67. The molecule has 1 fully saturated rings. The highest BCUT2D eigenvalue weighted by molar-refractivity contribution is 5.78. The summed E-state index contributed by atoms with van der Waals surface area (Å²) in [6.45, 7) is 11.4. The molecule has 1 aliphatic rings. The zero-order valence-corrected chi connectivity index (χ0v) is 17.5. The number of ether oxygens (including phenoxy) is 3. The quantitative estimate of drug-likeness (QED) is 0.546. The maximum Gasteiger partial charge on any atom is 0.234 e. The molecule has 1 heterocycles. The first kappa shape index (κ1) is 22.5. The van der Waals surface area contributed by atoms with Gasteiger partial charge in [-0.25, -0.2) is 0 Å². The largest absolute Gasteiger partial charge is 0.490 e. The highest BCUT2D eigenvalue weighted by Gasteiger charge is 2.21. The average molecular weight is 394 g/mol. The number of carbonyl (C=O) groups is 1. The van der Waals surface area contributed by atoms with E-state index in [1.165, 1.54) is 0 Å². The summed E-state index contributed by atoms with van der Waals surface area (Å²) in [6.07, 6.45) is 0.963. The SMILES string of the molecule is CCCOc1c(CN2CCN(CC(=O)NCCOC)CC2)cccc1OCC. The average Bonchev–Trinajstić information content (AvgIpc) is 2.69. The smallest absolute Gasteiger partial charge is 0.234 e. The van der Waals surface area contributed by atoms with Gasteiger partial charge >= 0.3 is 0 Å². The van der Waals surface area contributed by atoms with Gasteiger partial charge in [0.1, 0.15) is 0 Å². The second-order valence-electron chi connectivity index (χ2n) is 6.92. The minimum atomic E-state index is 0.0603. The molecule has 7 nitrogen and oxygen atoms in total. The number of methoxy groups -OCH3 is 1. The van der Waals surface area contributed by atoms with Crippen LogP contribution in [0.1, 0.15) is 25.8 Å². The second kappa shape index (κ2) is 12.6. The predicted molar refractivity (Wildman–Crippen MR) is 110 cm³/mol. The summed E-state index contributed by atoms with van der Waals surface area (Å²) in [6, 6.07) is 6.11. The van der Waals surface area contributed by atoms with Crippen molar-refractivity contribution in [1.82, 2.24) is 15.1 Å². The number of hydrogen-bond acceptors (Lipinski definition) is 6. The van der Waals surface area contributed by atoms with Crippen molar-refractivity contribution in [2.75, 3.05) is 66.2 Å². The van der Waals surface area contributed by atoms with Crippen molar-refractivity contribution < 1.29 is 19.0 Å². The Morgan fingerprint density at radius 2 is 1.82 bits per heavy atom. The number of nitrogens with zero attached hydrogens (tertiary/aromatic N) is 2. The Morgan fingerprint density at radius 3 is 2.50 bits per heavy atom. The first-order valence-corrected chi connectivity index (χ1v) is 10.3. The van der Waals surface area contributed by atoms with Gasteiger partial charge in [0.15, 0.2) is 11.5 Å². The van der Waals surface area contributed by atoms with E-state index in [1.54, 1.807) is 7.11 Å². The Hall–Kier alpha value is -1.83. The lowest BCUT2D eigenvalue weighted by Crippen LogP contribution is -2.49. The van der Waals surface area contributed by atoms with Crippen molar-refractivity contribution >= 4 is 5.91 Å². The summed E-state index contributed by atoms with van der Waals surface area (Å²) in [4.78, 5) is 16.6. The molecule has 158 valence electrons. The standard InChI is InChI=1S/C21H35N3O4/c1-4-14-28-21-18(7-6-8-19(21)27-5-2)16-23-10-12-24(13-11-23)17-20(25)22-9-15-26-3/h6-8H,4-5,9-17H2,1-3H3,(H,22,25). The molecule has 1 aromatic carbocycles. The van der Waals surface area contributed by atoms with E-state index in [2.05, 4.69) is 28.1 Å². The minimum absolute atomic E-state index is 0.0603. The Morgan fingerprint density at radius 1 is 1.07 bits per heavy atom. The molecule has 0 spiro atoms. The number of piperazine rings is 1. The van der Waals surface area contributed by atoms with E-state index in [0.717, 1.165) is 56.2 Å². The lowest BCUT2D eigenvalue weighted by atomic mass is 10.1. The van der Waals surface area contributed by atoms with Gasteiger partial charge in [0.05, 0.1) is 26.4 Å². The fraction of sp³-hybridized carbons (Fsp3) is 0.667. The molecule has 0 unspecified atom stereocenters. The van der Waals surface area contributed by atoms with E-state index in [-0.39, 0.29) is 5.91 Å². The van der Waals surface area contributed by atoms with Crippen LogP contribution >= 0.6 is 0 Å². The number of carbonyl (C=O) groups excluding carboxylic acids is 1. The molecule has 1 N–H and O–H groups in total. The van der Waals surface area contributed by atoms with Gasteiger partial charge in [0.25, 0.3) is 0 Å². The van der Waals surface area contributed by atoms with Crippen LogP contribution in [0.2, 0.25) is 0 Å². The normalized spacial score (nSPS) is 15.4. The van der Waals surface area contributed by atoms with E-state index >= 15 is 0 Å². The second-order valence-corrected chi connectivity index (χ2v) is 6.92. The van der Waals surface area contributed by atoms with E-state index in [4.69, 9.17) is 14.2 Å². The third kappa shape index (κ3) is 7.30. The van der Waals surface area contributed by atoms with Gasteiger partial charge in [0, 0.05) is 51.9 Å². The van der Waals surface area contributed by atoms with Crippen LogP contribution in [-0.2, 0) is 16.1 Å². The van der Waals surface area contributed by atoms with E-state index in [9.17, 15) is 4.79 Å². The number of para-hydroxylation sites is 1. The van der Waals surface area contributed by atoms with Crippen molar-refractivity contribution in [3.05, 3.63) is 23.8 Å². The van der Waals surface area contributed by atoms with E-state index in [0.29, 0.717) is 32.9 Å². The van der Waals surface area contributed by atoms with Gasteiger partial charge in [-0.3, -0.25) is 14.6 Å². The molecular formula is C21H35N3O4. The van der Waals surface area contributed by atoms with Crippen molar-refractivity contribution in [3.8, 4) is 11.5 Å². The van der Waals surface area contributed by atoms with Gasteiger partial charge in [0.2, 0.25) is 5.91 Å². The summed E-state index contributed by atoms with van der Waals surface area (Å²) in [5.74, 6) is 1.75. The highest BCUT2D eigenvalue weighted by atomic mass is 16.5. The molecule has 1 aromatic rings. The van der Waals surface area contributed by atoms with Gasteiger partial charge in [-0.2, -0.15) is 0 Å². The molecule has 7 heteroatoms. The van der Waals surface area contributed by atoms with E-state index in [1.807, 2.05) is 19.1 Å². The van der Waals surface area contributed by atoms with Gasteiger partial charge < -0.3 is 19.5 Å². The first-order chi connectivity index (χ1) is 13.7. The molecule has 2 rings (SSSR count). The zero-order chi connectivity index (χ0) is 20.2. The van der Waals surface area contributed by atoms with Crippen LogP contribution in [0.3, 0.4) is 0 Å². The molecular weight excluding hydrogens is 358 g/mol. The van der Waals surface area contributed by atoms with E-state index < -0.39 is 0 Å². The highest BCUT2D eigenvalue weighted by Crippen LogP contribution is 2.32. The summed E-state index contributed by atoms with van der Waals surface area (Å²) < 4.78 is 16.7. The lowest BCUT2D eigenvalue weighted by molar-refractivity contribution is -0.122. The Labute approximate surface area is 168 Å². The number of benzene rings is 1. The van der Waals surface area contributed by atoms with Crippen LogP contribution in [0.15, 0.2) is 18.2 Å². The fourth-order valence-corrected chi connectivity index (χ4v) is 3.22. The number of rotatable bonds is 12. The molecule has 1 saturated heterocycles. The third-order valence-corrected chi connectivity index (χ3v) is 4.67. The summed E-state index contributed by atoms with van der Waals surface area (Å²) >= 11 is 0. The maximum atomic E-state index is 12.0. The molecule has 0 saturated carbocycles. The molecule has 1 aliphatic heterocycles. The number of nitrogens with one attached hydrogen (secondary N) is 1. The maximum absolute atomic E-state index is 12.0. The molecule has 0 bridgehead atoms. The van der Waals surface area contributed by atoms with Crippen LogP contribution in [0.25, 0.3) is 0 Å². The van der Waals surface area contributed by atoms with Gasteiger partial charge in [-0.1, -0.05) is 19.1 Å². The van der Waals surface area contributed by atoms with Crippen LogP contribution in [0, 0.1) is 0 Å². The summed E-state index contributed by atoms with van der Waals surface area (Å²) in [5, 5.41) is 2.88. The van der Waals surface area contributed by atoms with Crippen molar-refractivity contribution in [2.24, 2.45) is 0 Å². The predicted octanol–water partition coefficient (Wildman–Crippen LogP) is 1.75. The molecule has 1 amide bonds. The van der Waals surface area contributed by atoms with Crippen molar-refractivity contribution in [1.29, 1.82) is 0 Å². The van der Waals surface area contributed by atoms with Crippen LogP contribution in [-0.4, -0.2) is 81.9 Å². The number of amides is 1. The van der Waals surface area contributed by atoms with Crippen LogP contribution < -0.4 is 14.8 Å². The van der Waals surface area contributed by atoms with Crippen molar-refractivity contribution in [2.45, 2.75) is 26.8 Å².